The van der Waals surface area contributed by atoms with E-state index < -0.39 is 0 Å². The van der Waals surface area contributed by atoms with Crippen LogP contribution in [0.3, 0.4) is 0 Å². The molecule has 0 saturated heterocycles. The van der Waals surface area contributed by atoms with Crippen molar-refractivity contribution < 1.29 is 0 Å². The van der Waals surface area contributed by atoms with Crippen LogP contribution in [0.4, 0.5) is 0 Å². The maximum atomic E-state index is 5.34. The van der Waals surface area contributed by atoms with Crippen LogP contribution in [-0.4, -0.2) is 26.1 Å². The molecule has 2 N–H and O–H groups in total. The fraction of sp³-hybridized carbons (Fsp3) is 0.182. The van der Waals surface area contributed by atoms with Gasteiger partial charge in [0.15, 0.2) is 0 Å². The quantitative estimate of drug-likeness (QED) is 0.731. The van der Waals surface area contributed by atoms with Crippen molar-refractivity contribution in [3.05, 3.63) is 36.7 Å². The molecule has 5 heteroatoms. The van der Waals surface area contributed by atoms with Crippen molar-refractivity contribution in [2.45, 2.75) is 6.42 Å². The molecule has 0 atom stereocenters. The molecular formula is C11H11N5. The summed E-state index contributed by atoms with van der Waals surface area (Å²) < 4.78 is 1.73. The Bertz CT molecular complexity index is 489. The molecule has 0 amide bonds. The van der Waals surface area contributed by atoms with E-state index in [1.807, 2.05) is 0 Å². The van der Waals surface area contributed by atoms with Crippen molar-refractivity contribution in [3.8, 4) is 17.8 Å². The van der Waals surface area contributed by atoms with Crippen LogP contribution >= 0.6 is 0 Å². The predicted molar refractivity (Wildman–Crippen MR) is 59.7 cm³/mol. The van der Waals surface area contributed by atoms with Crippen molar-refractivity contribution in [2.75, 3.05) is 6.54 Å². The second kappa shape index (κ2) is 5.05. The number of nitrogens with zero attached hydrogens (tertiary/aromatic N) is 4. The van der Waals surface area contributed by atoms with Gasteiger partial charge in [-0.25, -0.2) is 15.0 Å². The molecule has 2 aromatic rings. The van der Waals surface area contributed by atoms with Crippen molar-refractivity contribution in [1.82, 2.24) is 19.5 Å². The standard InChI is InChI=1S/C11H11N5/c12-4-2-1-3-10-7-14-11(15-8-10)16-6-5-13-9-16/h5-9H,2,4,12H2. The number of nitrogens with two attached hydrogens (primary N) is 1. The van der Waals surface area contributed by atoms with E-state index in [9.17, 15) is 0 Å². The summed E-state index contributed by atoms with van der Waals surface area (Å²) in [5.74, 6) is 6.45. The number of hydrogen-bond acceptors (Lipinski definition) is 4. The SMILES string of the molecule is NCCC#Cc1cnc(-n2ccnc2)nc1. The first-order valence-electron chi connectivity index (χ1n) is 4.89. The second-order valence-corrected chi connectivity index (χ2v) is 3.08. The minimum absolute atomic E-state index is 0.570. The highest BCUT2D eigenvalue weighted by Gasteiger charge is 1.97. The molecule has 0 saturated carbocycles. The summed E-state index contributed by atoms with van der Waals surface area (Å²) in [4.78, 5) is 12.3. The minimum Gasteiger partial charge on any atom is -0.330 e. The van der Waals surface area contributed by atoms with Crippen molar-refractivity contribution in [2.24, 2.45) is 5.73 Å². The molecule has 2 heterocycles. The van der Waals surface area contributed by atoms with Crippen LogP contribution in [-0.2, 0) is 0 Å². The molecule has 80 valence electrons. The maximum Gasteiger partial charge on any atom is 0.234 e. The Hall–Kier alpha value is -2.19. The highest BCUT2D eigenvalue weighted by Crippen LogP contribution is 1.99. The summed E-state index contributed by atoms with van der Waals surface area (Å²) >= 11 is 0. The molecule has 0 aliphatic rings. The lowest BCUT2D eigenvalue weighted by molar-refractivity contribution is 0.923. The zero-order valence-corrected chi connectivity index (χ0v) is 8.67. The van der Waals surface area contributed by atoms with Gasteiger partial charge in [0, 0.05) is 37.8 Å². The molecule has 0 radical (unpaired) electrons. The van der Waals surface area contributed by atoms with Crippen LogP contribution < -0.4 is 5.73 Å². The van der Waals surface area contributed by atoms with Gasteiger partial charge in [0.2, 0.25) is 5.95 Å². The molecule has 0 aromatic carbocycles. The van der Waals surface area contributed by atoms with E-state index in [0.717, 1.165) is 5.56 Å². The Morgan fingerprint density at radius 3 is 2.75 bits per heavy atom. The monoisotopic (exact) mass is 213 g/mol. The fourth-order valence-electron chi connectivity index (χ4n) is 1.13. The molecular weight excluding hydrogens is 202 g/mol. The third-order valence-corrected chi connectivity index (χ3v) is 1.88. The third kappa shape index (κ3) is 2.43. The van der Waals surface area contributed by atoms with Crippen molar-refractivity contribution in [1.29, 1.82) is 0 Å². The second-order valence-electron chi connectivity index (χ2n) is 3.08. The third-order valence-electron chi connectivity index (χ3n) is 1.88. The van der Waals surface area contributed by atoms with Gasteiger partial charge < -0.3 is 5.73 Å². The van der Waals surface area contributed by atoms with E-state index in [0.29, 0.717) is 18.9 Å². The predicted octanol–water partition coefficient (Wildman–Crippen LogP) is 0.363. The molecule has 0 bridgehead atoms. The summed E-state index contributed by atoms with van der Waals surface area (Å²) in [6, 6.07) is 0. The Morgan fingerprint density at radius 1 is 1.31 bits per heavy atom. The maximum absolute atomic E-state index is 5.34. The molecule has 0 unspecified atom stereocenters. The van der Waals surface area contributed by atoms with E-state index in [1.165, 1.54) is 0 Å². The van der Waals surface area contributed by atoms with Gasteiger partial charge in [-0.05, 0) is 0 Å². The zero-order valence-electron chi connectivity index (χ0n) is 8.67. The molecule has 0 aliphatic carbocycles. The van der Waals surface area contributed by atoms with E-state index in [2.05, 4.69) is 26.8 Å². The lowest BCUT2D eigenvalue weighted by Gasteiger charge is -1.98. The lowest BCUT2D eigenvalue weighted by atomic mass is 10.3. The van der Waals surface area contributed by atoms with Gasteiger partial charge in [0.05, 0.1) is 5.56 Å². The minimum atomic E-state index is 0.570. The van der Waals surface area contributed by atoms with Crippen LogP contribution in [0.2, 0.25) is 0 Å². The Balaban J connectivity index is 2.15. The van der Waals surface area contributed by atoms with E-state index in [1.54, 1.807) is 35.7 Å². The van der Waals surface area contributed by atoms with Crippen molar-refractivity contribution >= 4 is 0 Å². The highest BCUT2D eigenvalue weighted by molar-refractivity contribution is 5.31. The molecule has 2 rings (SSSR count). The normalized spacial score (nSPS) is 9.56. The number of rotatable bonds is 2. The average Bonchev–Trinajstić information content (AvgIpc) is 2.84. The first-order valence-corrected chi connectivity index (χ1v) is 4.89. The first kappa shape index (κ1) is 10.3. The lowest BCUT2D eigenvalue weighted by Crippen LogP contribution is -1.98. The Morgan fingerprint density at radius 2 is 2.12 bits per heavy atom. The summed E-state index contributed by atoms with van der Waals surface area (Å²) in [5, 5.41) is 0. The van der Waals surface area contributed by atoms with Gasteiger partial charge >= 0.3 is 0 Å². The van der Waals surface area contributed by atoms with Crippen LogP contribution in [0.5, 0.6) is 0 Å². The number of aromatic nitrogens is 4. The molecule has 0 aliphatic heterocycles. The van der Waals surface area contributed by atoms with E-state index in [-0.39, 0.29) is 0 Å². The molecule has 2 aromatic heterocycles. The van der Waals surface area contributed by atoms with Gasteiger partial charge in [-0.3, -0.25) is 4.57 Å². The van der Waals surface area contributed by atoms with Gasteiger partial charge in [-0.2, -0.15) is 0 Å². The topological polar surface area (TPSA) is 69.6 Å². The van der Waals surface area contributed by atoms with Gasteiger partial charge in [-0.1, -0.05) is 11.8 Å². The van der Waals surface area contributed by atoms with Gasteiger partial charge in [0.1, 0.15) is 6.33 Å². The van der Waals surface area contributed by atoms with E-state index in [4.69, 9.17) is 5.73 Å². The first-order chi connectivity index (χ1) is 7.90. The smallest absolute Gasteiger partial charge is 0.234 e. The van der Waals surface area contributed by atoms with Crippen molar-refractivity contribution in [3.63, 3.8) is 0 Å². The molecule has 16 heavy (non-hydrogen) atoms. The number of hydrogen-bond donors (Lipinski definition) is 1. The molecule has 0 spiro atoms. The Kier molecular flexibility index (Phi) is 3.26. The molecule has 5 nitrogen and oxygen atoms in total. The van der Waals surface area contributed by atoms with E-state index >= 15 is 0 Å². The van der Waals surface area contributed by atoms with Crippen LogP contribution in [0, 0.1) is 11.8 Å². The van der Waals surface area contributed by atoms with Crippen LogP contribution in [0.25, 0.3) is 5.95 Å². The Labute approximate surface area is 93.4 Å². The largest absolute Gasteiger partial charge is 0.330 e. The summed E-state index contributed by atoms with van der Waals surface area (Å²) in [7, 11) is 0. The summed E-state index contributed by atoms with van der Waals surface area (Å²) in [6.07, 6.45) is 9.17. The summed E-state index contributed by atoms with van der Waals surface area (Å²) in [5.41, 5.74) is 6.13. The average molecular weight is 213 g/mol. The highest BCUT2D eigenvalue weighted by atomic mass is 15.2. The fourth-order valence-corrected chi connectivity index (χ4v) is 1.13. The van der Waals surface area contributed by atoms with Crippen LogP contribution in [0.1, 0.15) is 12.0 Å². The van der Waals surface area contributed by atoms with Crippen LogP contribution in [0.15, 0.2) is 31.1 Å². The number of imidazole rings is 1. The molecule has 0 fully saturated rings. The zero-order chi connectivity index (χ0) is 11.2. The van der Waals surface area contributed by atoms with Gasteiger partial charge in [-0.15, -0.1) is 0 Å². The summed E-state index contributed by atoms with van der Waals surface area (Å²) in [6.45, 7) is 0.570. The van der Waals surface area contributed by atoms with Gasteiger partial charge in [0.25, 0.3) is 0 Å².